The van der Waals surface area contributed by atoms with E-state index < -0.39 is 0 Å². The van der Waals surface area contributed by atoms with Crippen LogP contribution in [0.1, 0.15) is 23.6 Å². The maximum absolute atomic E-state index is 13.0. The lowest BCUT2D eigenvalue weighted by Gasteiger charge is -2.32. The van der Waals surface area contributed by atoms with E-state index in [0.29, 0.717) is 28.9 Å². The van der Waals surface area contributed by atoms with Crippen LogP contribution in [0.25, 0.3) is 0 Å². The lowest BCUT2D eigenvalue weighted by molar-refractivity contribution is -0.130. The molecule has 0 aromatic heterocycles. The summed E-state index contributed by atoms with van der Waals surface area (Å²) in [5.41, 5.74) is 1.88. The number of benzene rings is 2. The summed E-state index contributed by atoms with van der Waals surface area (Å²) in [6.07, 6.45) is 1.16. The molecule has 34 heavy (non-hydrogen) atoms. The van der Waals surface area contributed by atoms with Gasteiger partial charge in [-0.05, 0) is 41.8 Å². The zero-order valence-corrected chi connectivity index (χ0v) is 20.8. The van der Waals surface area contributed by atoms with Gasteiger partial charge in [-0.25, -0.2) is 0 Å². The summed E-state index contributed by atoms with van der Waals surface area (Å²) in [5, 5.41) is 18.9. The van der Waals surface area contributed by atoms with Gasteiger partial charge in [-0.2, -0.15) is 0 Å². The number of likely N-dealkylation sites (tertiary alicyclic amines) is 1. The molecule has 0 bridgehead atoms. The molecule has 2 aromatic carbocycles. The molecule has 0 radical (unpaired) electrons. The highest BCUT2D eigenvalue weighted by Gasteiger charge is 2.31. The second-order valence-corrected chi connectivity index (χ2v) is 9.17. The Kier molecular flexibility index (Phi) is 10.4. The van der Waals surface area contributed by atoms with Crippen LogP contribution in [0.3, 0.4) is 0 Å². The third-order valence-electron chi connectivity index (χ3n) is 5.90. The van der Waals surface area contributed by atoms with Gasteiger partial charge in [0.25, 0.3) is 0 Å². The Balaban J connectivity index is 1.72. The van der Waals surface area contributed by atoms with E-state index in [0.717, 1.165) is 30.6 Å². The topological polar surface area (TPSA) is 82.5 Å². The van der Waals surface area contributed by atoms with Gasteiger partial charge < -0.3 is 24.6 Å². The van der Waals surface area contributed by atoms with Gasteiger partial charge in [0.2, 0.25) is 5.91 Å². The zero-order chi connectivity index (χ0) is 24.5. The maximum atomic E-state index is 13.0. The molecule has 1 amide bonds. The van der Waals surface area contributed by atoms with Crippen molar-refractivity contribution in [2.45, 2.75) is 25.0 Å². The number of carbonyl (C=O) groups excluding carboxylic acids is 1. The molecular weight excluding hydrogens is 479 g/mol. The number of aliphatic hydroxyl groups excluding tert-OH is 2. The van der Waals surface area contributed by atoms with Crippen molar-refractivity contribution in [2.75, 3.05) is 53.1 Å². The minimum atomic E-state index is -0.0425. The number of hydrogen-bond acceptors (Lipinski definition) is 6. The predicted octanol–water partition coefficient (Wildman–Crippen LogP) is 3.19. The van der Waals surface area contributed by atoms with Gasteiger partial charge in [0.1, 0.15) is 12.4 Å². The van der Waals surface area contributed by atoms with E-state index in [-0.39, 0.29) is 44.3 Å². The van der Waals surface area contributed by atoms with Crippen LogP contribution in [0.2, 0.25) is 10.0 Å². The molecule has 0 spiro atoms. The number of amides is 1. The molecule has 2 N–H and O–H groups in total. The lowest BCUT2D eigenvalue weighted by Crippen LogP contribution is -2.39. The van der Waals surface area contributed by atoms with Gasteiger partial charge in [0, 0.05) is 26.7 Å². The van der Waals surface area contributed by atoms with Crippen LogP contribution in [-0.2, 0) is 16.0 Å². The molecule has 9 heteroatoms. The highest BCUT2D eigenvalue weighted by molar-refractivity contribution is 6.42. The van der Waals surface area contributed by atoms with E-state index in [1.54, 1.807) is 24.1 Å². The summed E-state index contributed by atoms with van der Waals surface area (Å²) < 4.78 is 11.2. The largest absolute Gasteiger partial charge is 0.491 e. The van der Waals surface area contributed by atoms with Crippen molar-refractivity contribution < 1.29 is 24.5 Å². The Morgan fingerprint density at radius 1 is 1.12 bits per heavy atom. The summed E-state index contributed by atoms with van der Waals surface area (Å²) in [5.74, 6) is 0.671. The van der Waals surface area contributed by atoms with Crippen LogP contribution >= 0.6 is 23.2 Å². The van der Waals surface area contributed by atoms with Crippen LogP contribution < -0.4 is 4.74 Å². The summed E-state index contributed by atoms with van der Waals surface area (Å²) in [6.45, 7) is 2.58. The number of halogens is 2. The van der Waals surface area contributed by atoms with Crippen molar-refractivity contribution in [2.24, 2.45) is 0 Å². The van der Waals surface area contributed by atoms with E-state index >= 15 is 0 Å². The third-order valence-corrected chi connectivity index (χ3v) is 6.64. The number of nitrogens with zero attached hydrogens (tertiary/aromatic N) is 2. The van der Waals surface area contributed by atoms with Crippen LogP contribution in [0.4, 0.5) is 0 Å². The molecule has 2 atom stereocenters. The van der Waals surface area contributed by atoms with Crippen molar-refractivity contribution in [3.8, 4) is 5.75 Å². The predicted molar refractivity (Wildman–Crippen MR) is 133 cm³/mol. The van der Waals surface area contributed by atoms with Crippen molar-refractivity contribution in [3.63, 3.8) is 0 Å². The molecule has 2 aromatic rings. The zero-order valence-electron chi connectivity index (χ0n) is 19.3. The number of ether oxygens (including phenoxy) is 2. The first-order valence-corrected chi connectivity index (χ1v) is 12.1. The van der Waals surface area contributed by atoms with E-state index in [1.807, 2.05) is 30.3 Å². The number of hydrogen-bond donors (Lipinski definition) is 2. The van der Waals surface area contributed by atoms with E-state index in [9.17, 15) is 4.79 Å². The van der Waals surface area contributed by atoms with Crippen LogP contribution in [0.15, 0.2) is 42.5 Å². The average molecular weight is 511 g/mol. The molecule has 1 heterocycles. The lowest BCUT2D eigenvalue weighted by atomic mass is 10.0. The van der Waals surface area contributed by atoms with Crippen LogP contribution in [0, 0.1) is 0 Å². The molecule has 3 rings (SSSR count). The minimum Gasteiger partial charge on any atom is -0.491 e. The molecule has 1 fully saturated rings. The highest BCUT2D eigenvalue weighted by atomic mass is 35.5. The van der Waals surface area contributed by atoms with Gasteiger partial charge in [0.15, 0.2) is 0 Å². The molecule has 186 valence electrons. The molecular formula is C25H32Cl2N2O5. The standard InChI is InChI=1S/C25H32Cl2N2O5/c1-28(25(32)15-18-2-7-22(26)23(27)14-18)17-24(29-9-8-21(16-29)34-13-11-31)19-3-5-20(6-4-19)33-12-10-30/h2-7,14,21,24,30-31H,8-13,15-17H2,1H3/t21-,24-/m0/s1. The third kappa shape index (κ3) is 7.57. The molecule has 0 unspecified atom stereocenters. The number of rotatable bonds is 12. The normalized spacial score (nSPS) is 17.0. The highest BCUT2D eigenvalue weighted by Crippen LogP contribution is 2.29. The first-order chi connectivity index (χ1) is 16.4. The van der Waals surface area contributed by atoms with E-state index in [1.165, 1.54) is 0 Å². The van der Waals surface area contributed by atoms with Crippen LogP contribution in [0.5, 0.6) is 5.75 Å². The van der Waals surface area contributed by atoms with Crippen molar-refractivity contribution in [1.82, 2.24) is 9.80 Å². The monoisotopic (exact) mass is 510 g/mol. The Morgan fingerprint density at radius 3 is 2.53 bits per heavy atom. The Hall–Kier alpha value is -1.87. The summed E-state index contributed by atoms with van der Waals surface area (Å²) in [6, 6.07) is 13.0. The van der Waals surface area contributed by atoms with Crippen molar-refractivity contribution in [1.29, 1.82) is 0 Å². The summed E-state index contributed by atoms with van der Waals surface area (Å²) >= 11 is 12.1. The Morgan fingerprint density at radius 2 is 1.85 bits per heavy atom. The first-order valence-electron chi connectivity index (χ1n) is 11.4. The summed E-state index contributed by atoms with van der Waals surface area (Å²) in [7, 11) is 1.81. The molecule has 1 aliphatic heterocycles. The minimum absolute atomic E-state index is 0.00118. The fourth-order valence-corrected chi connectivity index (χ4v) is 4.41. The van der Waals surface area contributed by atoms with Crippen LogP contribution in [-0.4, -0.2) is 85.1 Å². The van der Waals surface area contributed by atoms with E-state index in [2.05, 4.69) is 4.90 Å². The first kappa shape index (κ1) is 26.7. The molecule has 7 nitrogen and oxygen atoms in total. The van der Waals surface area contributed by atoms with Gasteiger partial charge in [-0.15, -0.1) is 0 Å². The summed E-state index contributed by atoms with van der Waals surface area (Å²) in [4.78, 5) is 17.1. The van der Waals surface area contributed by atoms with Gasteiger partial charge in [-0.1, -0.05) is 41.4 Å². The molecule has 1 saturated heterocycles. The van der Waals surface area contributed by atoms with Gasteiger partial charge in [-0.3, -0.25) is 9.69 Å². The van der Waals surface area contributed by atoms with Crippen molar-refractivity contribution in [3.05, 3.63) is 63.6 Å². The SMILES string of the molecule is CN(C[C@@H](c1ccc(OCCO)cc1)N1CC[C@H](OCCO)C1)C(=O)Cc1ccc(Cl)c(Cl)c1. The fraction of sp³-hybridized carbons (Fsp3) is 0.480. The average Bonchev–Trinajstić information content (AvgIpc) is 3.31. The quantitative estimate of drug-likeness (QED) is 0.456. The Bertz CT molecular complexity index is 928. The number of likely N-dealkylation sites (N-methyl/N-ethyl adjacent to an activating group) is 1. The second-order valence-electron chi connectivity index (χ2n) is 8.36. The molecule has 0 saturated carbocycles. The molecule has 1 aliphatic rings. The van der Waals surface area contributed by atoms with Gasteiger partial charge in [0.05, 0.1) is 48.4 Å². The van der Waals surface area contributed by atoms with E-state index in [4.69, 9.17) is 42.9 Å². The van der Waals surface area contributed by atoms with Gasteiger partial charge >= 0.3 is 0 Å². The smallest absolute Gasteiger partial charge is 0.226 e. The maximum Gasteiger partial charge on any atom is 0.226 e. The second kappa shape index (κ2) is 13.3. The van der Waals surface area contributed by atoms with Crippen molar-refractivity contribution >= 4 is 29.1 Å². The number of aliphatic hydroxyl groups is 2. The fourth-order valence-electron chi connectivity index (χ4n) is 4.09. The molecule has 0 aliphatic carbocycles. The Labute approximate surface area is 210 Å². The number of carbonyl (C=O) groups is 1.